The van der Waals surface area contributed by atoms with Gasteiger partial charge in [-0.3, -0.25) is 14.9 Å². The van der Waals surface area contributed by atoms with Crippen LogP contribution < -0.4 is 5.32 Å². The van der Waals surface area contributed by atoms with Crippen LogP contribution in [0.15, 0.2) is 48.5 Å². The number of nitrogens with zero attached hydrogens (tertiary/aromatic N) is 1. The summed E-state index contributed by atoms with van der Waals surface area (Å²) in [6.45, 7) is 0.398. The summed E-state index contributed by atoms with van der Waals surface area (Å²) < 4.78 is 0. The third-order valence-electron chi connectivity index (χ3n) is 3.83. The molecule has 0 amide bonds. The van der Waals surface area contributed by atoms with Gasteiger partial charge >= 0.3 is 5.97 Å². The van der Waals surface area contributed by atoms with Gasteiger partial charge in [0.15, 0.2) is 0 Å². The van der Waals surface area contributed by atoms with E-state index in [1.807, 2.05) is 30.3 Å². The first-order valence-electron chi connectivity index (χ1n) is 7.87. The fourth-order valence-electron chi connectivity index (χ4n) is 2.54. The number of hydrogen-bond acceptors (Lipinski definition) is 4. The molecule has 0 heterocycles. The molecule has 0 bridgehead atoms. The van der Waals surface area contributed by atoms with Crippen LogP contribution in [0.25, 0.3) is 0 Å². The number of carboxylic acid groups (broad SMARTS) is 1. The molecule has 0 aromatic heterocycles. The minimum atomic E-state index is -0.845. The molecule has 2 aromatic carbocycles. The molecule has 2 aromatic rings. The normalized spacial score (nSPS) is 11.9. The number of carboxylic acids is 1. The van der Waals surface area contributed by atoms with Crippen LogP contribution in [0.4, 0.5) is 5.69 Å². The zero-order valence-electron chi connectivity index (χ0n) is 13.5. The van der Waals surface area contributed by atoms with E-state index in [0.717, 1.165) is 11.1 Å². The van der Waals surface area contributed by atoms with Gasteiger partial charge in [-0.1, -0.05) is 48.0 Å². The fraction of sp³-hybridized carbons (Fsp3) is 0.278. The Balaban J connectivity index is 2.04. The predicted molar refractivity (Wildman–Crippen MR) is 95.7 cm³/mol. The number of halogens is 1. The highest BCUT2D eigenvalue weighted by Gasteiger charge is 2.15. The number of aliphatic carboxylic acids is 1. The molecule has 25 heavy (non-hydrogen) atoms. The molecule has 0 aliphatic rings. The van der Waals surface area contributed by atoms with Crippen LogP contribution in [0.2, 0.25) is 5.02 Å². The number of hydrogen-bond donors (Lipinski definition) is 2. The maximum atomic E-state index is 11.0. The standard InChI is InChI=1S/C18H19ClN2O4/c19-16-8-6-14(11-17(16)21(24)25)12-20-15(7-9-18(22)23)10-13-4-2-1-3-5-13/h1-6,8,11,15,20H,7,9-10,12H2,(H,22,23). The number of rotatable bonds is 9. The number of benzene rings is 2. The van der Waals surface area contributed by atoms with Gasteiger partial charge in [-0.25, -0.2) is 0 Å². The second kappa shape index (κ2) is 9.15. The summed E-state index contributed by atoms with van der Waals surface area (Å²) in [5.41, 5.74) is 1.70. The van der Waals surface area contributed by atoms with E-state index in [-0.39, 0.29) is 23.2 Å². The third kappa shape index (κ3) is 6.17. The Morgan fingerprint density at radius 1 is 1.20 bits per heavy atom. The maximum Gasteiger partial charge on any atom is 0.303 e. The van der Waals surface area contributed by atoms with Crippen molar-refractivity contribution in [3.63, 3.8) is 0 Å². The van der Waals surface area contributed by atoms with Crippen molar-refractivity contribution in [3.8, 4) is 0 Å². The molecule has 2 rings (SSSR count). The van der Waals surface area contributed by atoms with E-state index in [2.05, 4.69) is 5.32 Å². The highest BCUT2D eigenvalue weighted by atomic mass is 35.5. The second-order valence-electron chi connectivity index (χ2n) is 5.74. The molecule has 1 atom stereocenters. The summed E-state index contributed by atoms with van der Waals surface area (Å²) in [6.07, 6.45) is 1.22. The largest absolute Gasteiger partial charge is 0.481 e. The minimum Gasteiger partial charge on any atom is -0.481 e. The molecule has 1 unspecified atom stereocenters. The quantitative estimate of drug-likeness (QED) is 0.522. The molecule has 2 N–H and O–H groups in total. The van der Waals surface area contributed by atoms with E-state index < -0.39 is 10.9 Å². The molecule has 0 saturated heterocycles. The van der Waals surface area contributed by atoms with Crippen LogP contribution in [0.5, 0.6) is 0 Å². The molecule has 0 aliphatic heterocycles. The summed E-state index contributed by atoms with van der Waals surface area (Å²) >= 11 is 5.82. The molecule has 7 heteroatoms. The first-order valence-corrected chi connectivity index (χ1v) is 8.25. The van der Waals surface area contributed by atoms with Crippen LogP contribution in [-0.4, -0.2) is 22.0 Å². The smallest absolute Gasteiger partial charge is 0.303 e. The Labute approximate surface area is 150 Å². The van der Waals surface area contributed by atoms with E-state index in [4.69, 9.17) is 16.7 Å². The van der Waals surface area contributed by atoms with Crippen LogP contribution in [0.1, 0.15) is 24.0 Å². The van der Waals surface area contributed by atoms with Gasteiger partial charge in [-0.15, -0.1) is 0 Å². The van der Waals surface area contributed by atoms with Gasteiger partial charge in [0.1, 0.15) is 5.02 Å². The first-order chi connectivity index (χ1) is 12.0. The topological polar surface area (TPSA) is 92.5 Å². The van der Waals surface area contributed by atoms with Gasteiger partial charge in [-0.05, 0) is 30.0 Å². The molecule has 0 radical (unpaired) electrons. The Bertz CT molecular complexity index is 737. The fourth-order valence-corrected chi connectivity index (χ4v) is 2.73. The Kier molecular flexibility index (Phi) is 6.91. The average Bonchev–Trinajstić information content (AvgIpc) is 2.59. The van der Waals surface area contributed by atoms with Gasteiger partial charge < -0.3 is 10.4 Å². The highest BCUT2D eigenvalue weighted by Crippen LogP contribution is 2.25. The zero-order chi connectivity index (χ0) is 18.2. The number of carbonyl (C=O) groups is 1. The molecule has 0 aliphatic carbocycles. The van der Waals surface area contributed by atoms with E-state index in [0.29, 0.717) is 19.4 Å². The summed E-state index contributed by atoms with van der Waals surface area (Å²) in [6, 6.07) is 14.4. The molecule has 132 valence electrons. The van der Waals surface area contributed by atoms with E-state index >= 15 is 0 Å². The Morgan fingerprint density at radius 3 is 2.56 bits per heavy atom. The number of nitro groups is 1. The lowest BCUT2D eigenvalue weighted by Gasteiger charge is -2.18. The number of nitro benzene ring substituents is 1. The summed E-state index contributed by atoms with van der Waals surface area (Å²) in [5, 5.41) is 23.3. The summed E-state index contributed by atoms with van der Waals surface area (Å²) in [5.74, 6) is -0.845. The molecule has 0 saturated carbocycles. The molecular weight excluding hydrogens is 344 g/mol. The van der Waals surface area contributed by atoms with E-state index in [1.54, 1.807) is 6.07 Å². The Morgan fingerprint density at radius 2 is 1.92 bits per heavy atom. The molecule has 0 fully saturated rings. The zero-order valence-corrected chi connectivity index (χ0v) is 14.3. The van der Waals surface area contributed by atoms with Gasteiger partial charge in [0, 0.05) is 25.1 Å². The van der Waals surface area contributed by atoms with Crippen LogP contribution in [-0.2, 0) is 17.8 Å². The van der Waals surface area contributed by atoms with Crippen molar-refractivity contribution in [1.82, 2.24) is 5.32 Å². The Hall–Kier alpha value is -2.44. The summed E-state index contributed by atoms with van der Waals surface area (Å²) in [7, 11) is 0. The van der Waals surface area contributed by atoms with Gasteiger partial charge in [0.2, 0.25) is 0 Å². The molecular formula is C18H19ClN2O4. The number of nitrogens with one attached hydrogen (secondary N) is 1. The van der Waals surface area contributed by atoms with Crippen molar-refractivity contribution < 1.29 is 14.8 Å². The first kappa shape index (κ1) is 18.9. The van der Waals surface area contributed by atoms with E-state index in [9.17, 15) is 14.9 Å². The van der Waals surface area contributed by atoms with Crippen LogP contribution in [0.3, 0.4) is 0 Å². The minimum absolute atomic E-state index is 0.0479. The second-order valence-corrected chi connectivity index (χ2v) is 6.15. The highest BCUT2D eigenvalue weighted by molar-refractivity contribution is 6.32. The van der Waals surface area contributed by atoms with Crippen LogP contribution >= 0.6 is 11.6 Å². The van der Waals surface area contributed by atoms with Gasteiger partial charge in [0.25, 0.3) is 5.69 Å². The van der Waals surface area contributed by atoms with Crippen molar-refractivity contribution in [2.75, 3.05) is 0 Å². The lowest BCUT2D eigenvalue weighted by Crippen LogP contribution is -2.31. The molecule has 6 nitrogen and oxygen atoms in total. The summed E-state index contributed by atoms with van der Waals surface area (Å²) in [4.78, 5) is 21.3. The third-order valence-corrected chi connectivity index (χ3v) is 4.15. The monoisotopic (exact) mass is 362 g/mol. The lowest BCUT2D eigenvalue weighted by atomic mass is 10.0. The lowest BCUT2D eigenvalue weighted by molar-refractivity contribution is -0.384. The average molecular weight is 363 g/mol. The predicted octanol–water partition coefficient (Wildman–Crippen LogP) is 3.81. The SMILES string of the molecule is O=C(O)CCC(Cc1ccccc1)NCc1ccc(Cl)c([N+](=O)[O-])c1. The van der Waals surface area contributed by atoms with Crippen molar-refractivity contribution in [3.05, 3.63) is 74.8 Å². The maximum absolute atomic E-state index is 11.0. The van der Waals surface area contributed by atoms with Crippen molar-refractivity contribution >= 4 is 23.3 Å². The van der Waals surface area contributed by atoms with Crippen LogP contribution in [0, 0.1) is 10.1 Å². The van der Waals surface area contributed by atoms with Crippen molar-refractivity contribution in [1.29, 1.82) is 0 Å². The van der Waals surface area contributed by atoms with Gasteiger partial charge in [-0.2, -0.15) is 0 Å². The van der Waals surface area contributed by atoms with Crippen molar-refractivity contribution in [2.45, 2.75) is 31.8 Å². The molecule has 0 spiro atoms. The van der Waals surface area contributed by atoms with Gasteiger partial charge in [0.05, 0.1) is 4.92 Å². The van der Waals surface area contributed by atoms with Crippen molar-refractivity contribution in [2.24, 2.45) is 0 Å². The van der Waals surface area contributed by atoms with E-state index in [1.165, 1.54) is 12.1 Å².